The van der Waals surface area contributed by atoms with Crippen LogP contribution >= 0.6 is 0 Å². The number of hydrogen-bond acceptors (Lipinski definition) is 5. The lowest BCUT2D eigenvalue weighted by molar-refractivity contribution is -0.154. The van der Waals surface area contributed by atoms with Crippen molar-refractivity contribution in [3.8, 4) is 0 Å². The number of carboxylic acid groups (broad SMARTS) is 1. The summed E-state index contributed by atoms with van der Waals surface area (Å²) in [5.41, 5.74) is -1.01. The van der Waals surface area contributed by atoms with Gasteiger partial charge < -0.3 is 15.6 Å². The molecule has 0 aliphatic carbocycles. The van der Waals surface area contributed by atoms with E-state index < -0.39 is 52.4 Å². The molecular weight excluding hydrogens is 369 g/mol. The highest BCUT2D eigenvalue weighted by Gasteiger charge is 2.44. The van der Waals surface area contributed by atoms with Crippen molar-refractivity contribution in [2.75, 3.05) is 0 Å². The fraction of sp³-hybridized carbons (Fsp3) is 0.833. The minimum atomic E-state index is -4.95. The lowest BCUT2D eigenvalue weighted by Gasteiger charge is -2.29. The number of hydrogen-bond donors (Lipinski definition) is 5. The minimum absolute atomic E-state index is 0.713. The molecule has 0 aromatic carbocycles. The van der Waals surface area contributed by atoms with E-state index in [1.165, 1.54) is 32.4 Å². The number of oxime groups is 1. The molecule has 5 N–H and O–H groups in total. The molecule has 0 aliphatic heterocycles. The maximum atomic E-state index is 13.2. The van der Waals surface area contributed by atoms with Crippen molar-refractivity contribution in [2.24, 2.45) is 11.1 Å². The monoisotopic (exact) mass is 392 g/mol. The van der Waals surface area contributed by atoms with Crippen LogP contribution in [0.4, 0.5) is 18.0 Å². The first kappa shape index (κ1) is 23.4. The summed E-state index contributed by atoms with van der Waals surface area (Å²) in [5, 5.41) is 21.8. The first-order chi connectivity index (χ1) is 11.1. The highest BCUT2D eigenvalue weighted by Crippen LogP contribution is 2.26. The Morgan fingerprint density at radius 2 is 1.80 bits per heavy atom. The first-order valence-electron chi connectivity index (χ1n) is 7.12. The van der Waals surface area contributed by atoms with Gasteiger partial charge in [-0.25, -0.2) is 4.79 Å². The average molecular weight is 392 g/mol. The SMILES string of the molecule is C[C@@H](NC(=O)O)[C@H](/C=N/O)CC(NS(=O)(=O)NC(C)(C)C)C(F)(F)F. The van der Waals surface area contributed by atoms with Crippen molar-refractivity contribution in [3.05, 3.63) is 0 Å². The number of rotatable bonds is 8. The summed E-state index contributed by atoms with van der Waals surface area (Å²) < 4.78 is 66.9. The van der Waals surface area contributed by atoms with Gasteiger partial charge in [0.25, 0.3) is 10.2 Å². The molecule has 0 bridgehead atoms. The molecule has 0 fully saturated rings. The van der Waals surface area contributed by atoms with Gasteiger partial charge in [-0.1, -0.05) is 0 Å². The summed E-state index contributed by atoms with van der Waals surface area (Å²) in [7, 11) is -4.49. The summed E-state index contributed by atoms with van der Waals surface area (Å²) in [4.78, 5) is 10.6. The van der Waals surface area contributed by atoms with Crippen LogP contribution in [0.2, 0.25) is 0 Å². The Kier molecular flexibility index (Phi) is 8.11. The van der Waals surface area contributed by atoms with Crippen LogP contribution in [-0.2, 0) is 10.2 Å². The Bertz CT molecular complexity index is 574. The fourth-order valence-electron chi connectivity index (χ4n) is 1.92. The summed E-state index contributed by atoms with van der Waals surface area (Å²) in [6.07, 6.45) is -6.59. The molecule has 3 atom stereocenters. The van der Waals surface area contributed by atoms with Crippen LogP contribution in [-0.4, -0.2) is 54.8 Å². The second-order valence-corrected chi connectivity index (χ2v) is 7.92. The Hall–Kier alpha value is -1.60. The highest BCUT2D eigenvalue weighted by atomic mass is 32.2. The molecule has 0 spiro atoms. The van der Waals surface area contributed by atoms with Gasteiger partial charge in [-0.05, 0) is 34.1 Å². The average Bonchev–Trinajstić information content (AvgIpc) is 2.31. The van der Waals surface area contributed by atoms with Gasteiger partial charge in [0.05, 0.1) is 0 Å². The van der Waals surface area contributed by atoms with E-state index in [-0.39, 0.29) is 0 Å². The normalized spacial score (nSPS) is 17.2. The van der Waals surface area contributed by atoms with Gasteiger partial charge in [0, 0.05) is 23.7 Å². The van der Waals surface area contributed by atoms with E-state index in [9.17, 15) is 26.4 Å². The van der Waals surface area contributed by atoms with Gasteiger partial charge in [-0.2, -0.15) is 31.0 Å². The number of alkyl halides is 3. The van der Waals surface area contributed by atoms with E-state index in [0.29, 0.717) is 6.21 Å². The van der Waals surface area contributed by atoms with Crippen molar-refractivity contribution in [1.29, 1.82) is 0 Å². The number of amides is 1. The van der Waals surface area contributed by atoms with Crippen molar-refractivity contribution in [1.82, 2.24) is 14.8 Å². The van der Waals surface area contributed by atoms with Crippen LogP contribution in [0.5, 0.6) is 0 Å². The Morgan fingerprint density at radius 1 is 1.28 bits per heavy atom. The zero-order chi connectivity index (χ0) is 20.1. The number of halogens is 3. The zero-order valence-electron chi connectivity index (χ0n) is 14.1. The third-order valence-electron chi connectivity index (χ3n) is 2.89. The molecule has 13 heteroatoms. The van der Waals surface area contributed by atoms with E-state index in [1.54, 1.807) is 0 Å². The molecule has 0 heterocycles. The third kappa shape index (κ3) is 10.1. The van der Waals surface area contributed by atoms with Crippen molar-refractivity contribution >= 4 is 22.5 Å². The molecule has 25 heavy (non-hydrogen) atoms. The summed E-state index contributed by atoms with van der Waals surface area (Å²) in [6, 6.07) is -3.58. The van der Waals surface area contributed by atoms with E-state index in [4.69, 9.17) is 10.3 Å². The lowest BCUT2D eigenvalue weighted by Crippen LogP contribution is -2.55. The quantitative estimate of drug-likeness (QED) is 0.240. The maximum Gasteiger partial charge on any atom is 0.404 e. The van der Waals surface area contributed by atoms with Gasteiger partial charge in [0.1, 0.15) is 6.04 Å². The third-order valence-corrected chi connectivity index (χ3v) is 4.37. The maximum absolute atomic E-state index is 13.2. The molecule has 0 aromatic rings. The Labute approximate surface area is 143 Å². The molecule has 0 saturated heterocycles. The molecule has 0 rings (SSSR count). The summed E-state index contributed by atoms with van der Waals surface area (Å²) >= 11 is 0. The second kappa shape index (κ2) is 8.67. The number of nitrogens with one attached hydrogen (secondary N) is 3. The Balaban J connectivity index is 5.42. The van der Waals surface area contributed by atoms with Crippen molar-refractivity contribution < 1.29 is 36.7 Å². The van der Waals surface area contributed by atoms with Crippen LogP contribution in [0.15, 0.2) is 5.16 Å². The molecule has 0 radical (unpaired) electrons. The molecule has 9 nitrogen and oxygen atoms in total. The van der Waals surface area contributed by atoms with E-state index >= 15 is 0 Å². The predicted octanol–water partition coefficient (Wildman–Crippen LogP) is 1.26. The lowest BCUT2D eigenvalue weighted by atomic mass is 9.94. The van der Waals surface area contributed by atoms with Gasteiger partial charge >= 0.3 is 12.3 Å². The molecular formula is C12H23F3N4O5S. The van der Waals surface area contributed by atoms with Crippen LogP contribution in [0, 0.1) is 5.92 Å². The molecule has 0 aliphatic rings. The summed E-state index contributed by atoms with van der Waals surface area (Å²) in [5.74, 6) is -1.22. The fourth-order valence-corrected chi connectivity index (χ4v) is 3.39. The minimum Gasteiger partial charge on any atom is -0.465 e. The second-order valence-electron chi connectivity index (χ2n) is 6.47. The van der Waals surface area contributed by atoms with Crippen molar-refractivity contribution in [3.63, 3.8) is 0 Å². The van der Waals surface area contributed by atoms with E-state index in [1.807, 2.05) is 10.0 Å². The van der Waals surface area contributed by atoms with Crippen LogP contribution in [0.25, 0.3) is 0 Å². The van der Waals surface area contributed by atoms with Gasteiger partial charge in [0.2, 0.25) is 0 Å². The number of nitrogens with zero attached hydrogens (tertiary/aromatic N) is 1. The van der Waals surface area contributed by atoms with Gasteiger partial charge in [0.15, 0.2) is 0 Å². The molecule has 0 aromatic heterocycles. The van der Waals surface area contributed by atoms with Crippen LogP contribution < -0.4 is 14.8 Å². The smallest absolute Gasteiger partial charge is 0.404 e. The zero-order valence-corrected chi connectivity index (χ0v) is 14.9. The molecule has 1 amide bonds. The van der Waals surface area contributed by atoms with Crippen molar-refractivity contribution in [2.45, 2.75) is 57.9 Å². The predicted molar refractivity (Wildman–Crippen MR) is 83.8 cm³/mol. The first-order valence-corrected chi connectivity index (χ1v) is 8.60. The van der Waals surface area contributed by atoms with Gasteiger partial charge in [-0.3, -0.25) is 0 Å². The van der Waals surface area contributed by atoms with Crippen LogP contribution in [0.1, 0.15) is 34.1 Å². The van der Waals surface area contributed by atoms with Gasteiger partial charge in [-0.15, -0.1) is 5.16 Å². The molecule has 0 saturated carbocycles. The standard InChI is InChI=1S/C12H23F3N4O5S/c1-7(17-10(20)21)8(6-16-22)5-9(12(13,14)15)18-25(23,24)19-11(2,3)4/h6-9,17-19,22H,5H2,1-4H3,(H,20,21)/b16-6+/t7-,8+,9?/m1/s1. The topological polar surface area (TPSA) is 140 Å². The summed E-state index contributed by atoms with van der Waals surface area (Å²) in [6.45, 7) is 5.62. The molecule has 148 valence electrons. The largest absolute Gasteiger partial charge is 0.465 e. The van der Waals surface area contributed by atoms with Crippen LogP contribution in [0.3, 0.4) is 0 Å². The number of carbonyl (C=O) groups is 1. The van der Waals surface area contributed by atoms with E-state index in [0.717, 1.165) is 0 Å². The highest BCUT2D eigenvalue weighted by molar-refractivity contribution is 7.87. The Morgan fingerprint density at radius 3 is 2.16 bits per heavy atom. The van der Waals surface area contributed by atoms with E-state index in [2.05, 4.69) is 5.16 Å². The molecule has 1 unspecified atom stereocenters.